The van der Waals surface area contributed by atoms with Gasteiger partial charge in [-0.3, -0.25) is 0 Å². The minimum Gasteiger partial charge on any atom is -0.444 e. The van der Waals surface area contributed by atoms with Gasteiger partial charge in [0, 0.05) is 6.54 Å². The van der Waals surface area contributed by atoms with Gasteiger partial charge in [-0.05, 0) is 70.9 Å². The maximum absolute atomic E-state index is 11.8. The normalized spacial score (nSPS) is 24.3. The van der Waals surface area contributed by atoms with Gasteiger partial charge in [-0.1, -0.05) is 13.8 Å². The Bertz CT molecular complexity index is 297. The zero-order valence-corrected chi connectivity index (χ0v) is 13.8. The Labute approximate surface area is 124 Å². The van der Waals surface area contributed by atoms with Crippen molar-refractivity contribution in [3.05, 3.63) is 0 Å². The first-order chi connectivity index (χ1) is 9.28. The zero-order chi connectivity index (χ0) is 15.2. The molecule has 4 heteroatoms. The molecule has 0 bridgehead atoms. The van der Waals surface area contributed by atoms with E-state index in [0.29, 0.717) is 17.8 Å². The van der Waals surface area contributed by atoms with Crippen molar-refractivity contribution in [1.29, 1.82) is 0 Å². The van der Waals surface area contributed by atoms with Crippen molar-refractivity contribution in [3.8, 4) is 0 Å². The third-order valence-corrected chi connectivity index (χ3v) is 3.73. The van der Waals surface area contributed by atoms with Gasteiger partial charge in [0.15, 0.2) is 0 Å². The fraction of sp³-hybridized carbons (Fsp3) is 0.938. The summed E-state index contributed by atoms with van der Waals surface area (Å²) in [4.78, 5) is 11.8. The fourth-order valence-corrected chi connectivity index (χ4v) is 2.88. The van der Waals surface area contributed by atoms with Crippen LogP contribution in [0.5, 0.6) is 0 Å². The topological polar surface area (TPSA) is 50.4 Å². The lowest BCUT2D eigenvalue weighted by molar-refractivity contribution is 0.0510. The average Bonchev–Trinajstić information content (AvgIpc) is 2.49. The number of alkyl carbamates (subject to hydrolysis) is 1. The summed E-state index contributed by atoms with van der Waals surface area (Å²) in [7, 11) is 0. The van der Waals surface area contributed by atoms with E-state index in [9.17, 15) is 4.79 Å². The highest BCUT2D eigenvalue weighted by Gasteiger charge is 2.25. The van der Waals surface area contributed by atoms with Gasteiger partial charge < -0.3 is 15.4 Å². The maximum Gasteiger partial charge on any atom is 0.407 e. The van der Waals surface area contributed by atoms with E-state index in [1.807, 2.05) is 20.8 Å². The Morgan fingerprint density at radius 2 is 1.85 bits per heavy atom. The molecule has 0 aromatic rings. The highest BCUT2D eigenvalue weighted by atomic mass is 16.6. The standard InChI is InChI=1S/C16H32N2O2/c1-12(2)10-13-6-8-17-9-7-14(13)11-18-15(19)20-16(3,4)5/h12-14,17H,6-11H2,1-5H3,(H,18,19). The lowest BCUT2D eigenvalue weighted by Crippen LogP contribution is -2.37. The number of carbonyl (C=O) groups is 1. The number of hydrogen-bond donors (Lipinski definition) is 2. The minimum atomic E-state index is -0.424. The Morgan fingerprint density at radius 3 is 2.40 bits per heavy atom. The van der Waals surface area contributed by atoms with E-state index >= 15 is 0 Å². The van der Waals surface area contributed by atoms with Gasteiger partial charge in [-0.25, -0.2) is 4.79 Å². The molecule has 0 spiro atoms. The van der Waals surface area contributed by atoms with Gasteiger partial charge >= 0.3 is 6.09 Å². The number of hydrogen-bond acceptors (Lipinski definition) is 3. The van der Waals surface area contributed by atoms with Gasteiger partial charge in [0.05, 0.1) is 0 Å². The summed E-state index contributed by atoms with van der Waals surface area (Å²) in [6, 6.07) is 0. The van der Waals surface area contributed by atoms with Crippen LogP contribution in [0.3, 0.4) is 0 Å². The first-order valence-corrected chi connectivity index (χ1v) is 7.95. The molecular weight excluding hydrogens is 252 g/mol. The van der Waals surface area contributed by atoms with Crippen molar-refractivity contribution in [1.82, 2.24) is 10.6 Å². The minimum absolute atomic E-state index is 0.294. The molecule has 2 N–H and O–H groups in total. The molecule has 1 amide bonds. The molecule has 0 radical (unpaired) electrons. The molecule has 0 aromatic carbocycles. The van der Waals surface area contributed by atoms with Crippen molar-refractivity contribution in [2.24, 2.45) is 17.8 Å². The Morgan fingerprint density at radius 1 is 1.25 bits per heavy atom. The molecule has 0 saturated carbocycles. The van der Waals surface area contributed by atoms with Crippen molar-refractivity contribution in [2.75, 3.05) is 19.6 Å². The maximum atomic E-state index is 11.8. The molecule has 2 atom stereocenters. The predicted octanol–water partition coefficient (Wildman–Crippen LogP) is 3.17. The van der Waals surface area contributed by atoms with Gasteiger partial charge in [0.1, 0.15) is 5.60 Å². The first-order valence-electron chi connectivity index (χ1n) is 7.95. The van der Waals surface area contributed by atoms with Crippen molar-refractivity contribution >= 4 is 6.09 Å². The first kappa shape index (κ1) is 17.3. The Kier molecular flexibility index (Phi) is 6.80. The van der Waals surface area contributed by atoms with E-state index in [1.165, 1.54) is 12.8 Å². The van der Waals surface area contributed by atoms with Crippen LogP contribution >= 0.6 is 0 Å². The zero-order valence-electron chi connectivity index (χ0n) is 13.8. The quantitative estimate of drug-likeness (QED) is 0.833. The summed E-state index contributed by atoms with van der Waals surface area (Å²) in [5.41, 5.74) is -0.424. The molecule has 1 saturated heterocycles. The molecule has 1 rings (SSSR count). The lowest BCUT2D eigenvalue weighted by Gasteiger charge is -2.27. The van der Waals surface area contributed by atoms with Gasteiger partial charge in [-0.15, -0.1) is 0 Å². The third kappa shape index (κ3) is 7.13. The van der Waals surface area contributed by atoms with E-state index in [1.54, 1.807) is 0 Å². The average molecular weight is 284 g/mol. The lowest BCUT2D eigenvalue weighted by atomic mass is 9.82. The second kappa shape index (κ2) is 7.87. The number of amides is 1. The van der Waals surface area contributed by atoms with Crippen LogP contribution in [-0.2, 0) is 4.74 Å². The van der Waals surface area contributed by atoms with Crippen LogP contribution in [0.2, 0.25) is 0 Å². The summed E-state index contributed by atoms with van der Waals surface area (Å²) in [5, 5.41) is 6.41. The molecular formula is C16H32N2O2. The third-order valence-electron chi connectivity index (χ3n) is 3.73. The molecule has 1 aliphatic rings. The number of rotatable bonds is 4. The second-order valence-electron chi connectivity index (χ2n) is 7.36. The van der Waals surface area contributed by atoms with Crippen LogP contribution in [0.15, 0.2) is 0 Å². The Hall–Kier alpha value is -0.770. The summed E-state index contributed by atoms with van der Waals surface area (Å²) in [6.07, 6.45) is 3.28. The van der Waals surface area contributed by atoms with Crippen molar-refractivity contribution < 1.29 is 9.53 Å². The molecule has 0 aliphatic carbocycles. The predicted molar refractivity (Wildman–Crippen MR) is 82.8 cm³/mol. The highest BCUT2D eigenvalue weighted by Crippen LogP contribution is 2.27. The largest absolute Gasteiger partial charge is 0.444 e. The van der Waals surface area contributed by atoms with Gasteiger partial charge in [0.25, 0.3) is 0 Å². The van der Waals surface area contributed by atoms with E-state index in [0.717, 1.165) is 26.1 Å². The molecule has 1 fully saturated rings. The Balaban J connectivity index is 2.46. The SMILES string of the molecule is CC(C)CC1CCNCCC1CNC(=O)OC(C)(C)C. The summed E-state index contributed by atoms with van der Waals surface area (Å²) < 4.78 is 5.31. The van der Waals surface area contributed by atoms with Crippen molar-refractivity contribution in [2.45, 2.75) is 59.5 Å². The summed E-state index contributed by atoms with van der Waals surface area (Å²) in [5.74, 6) is 1.96. The van der Waals surface area contributed by atoms with Crippen LogP contribution in [-0.4, -0.2) is 31.3 Å². The molecule has 4 nitrogen and oxygen atoms in total. The van der Waals surface area contributed by atoms with Crippen LogP contribution in [0.4, 0.5) is 4.79 Å². The second-order valence-corrected chi connectivity index (χ2v) is 7.36. The summed E-state index contributed by atoms with van der Waals surface area (Å²) >= 11 is 0. The van der Waals surface area contributed by atoms with Gasteiger partial charge in [-0.2, -0.15) is 0 Å². The molecule has 1 heterocycles. The fourth-order valence-electron chi connectivity index (χ4n) is 2.88. The van der Waals surface area contributed by atoms with E-state index in [-0.39, 0.29) is 6.09 Å². The summed E-state index contributed by atoms with van der Waals surface area (Å²) in [6.45, 7) is 13.1. The molecule has 2 unspecified atom stereocenters. The number of nitrogens with one attached hydrogen (secondary N) is 2. The molecule has 20 heavy (non-hydrogen) atoms. The van der Waals surface area contributed by atoms with E-state index < -0.39 is 5.60 Å². The number of carbonyl (C=O) groups excluding carboxylic acids is 1. The molecule has 118 valence electrons. The van der Waals surface area contributed by atoms with Crippen molar-refractivity contribution in [3.63, 3.8) is 0 Å². The van der Waals surface area contributed by atoms with Crippen LogP contribution in [0, 0.1) is 17.8 Å². The van der Waals surface area contributed by atoms with E-state index in [2.05, 4.69) is 24.5 Å². The monoisotopic (exact) mass is 284 g/mol. The molecule has 1 aliphatic heterocycles. The van der Waals surface area contributed by atoms with Crippen LogP contribution in [0.25, 0.3) is 0 Å². The van der Waals surface area contributed by atoms with Crippen LogP contribution < -0.4 is 10.6 Å². The van der Waals surface area contributed by atoms with E-state index in [4.69, 9.17) is 4.74 Å². The van der Waals surface area contributed by atoms with Crippen LogP contribution in [0.1, 0.15) is 53.9 Å². The van der Waals surface area contributed by atoms with Gasteiger partial charge in [0.2, 0.25) is 0 Å². The molecule has 0 aromatic heterocycles. The highest BCUT2D eigenvalue weighted by molar-refractivity contribution is 5.67. The smallest absolute Gasteiger partial charge is 0.407 e. The number of ether oxygens (including phenoxy) is 1.